The van der Waals surface area contributed by atoms with Crippen LogP contribution in [0.2, 0.25) is 0 Å². The minimum Gasteiger partial charge on any atom is -0.389 e. The molecule has 3 N–H and O–H groups in total. The molecule has 0 radical (unpaired) electrons. The maximum atomic E-state index is 11.8. The summed E-state index contributed by atoms with van der Waals surface area (Å²) in [5.74, 6) is 0.476. The average Bonchev–Trinajstić information content (AvgIpc) is 2.92. The van der Waals surface area contributed by atoms with E-state index in [0.29, 0.717) is 23.2 Å². The summed E-state index contributed by atoms with van der Waals surface area (Å²) in [4.78, 5) is 12.1. The summed E-state index contributed by atoms with van der Waals surface area (Å²) in [6.45, 7) is 0.772. The fraction of sp³-hybridized carbons (Fsp3) is 0.467. The molecule has 0 spiro atoms. The first-order valence-corrected chi connectivity index (χ1v) is 7.33. The van der Waals surface area contributed by atoms with Crippen LogP contribution in [0.4, 0.5) is 5.69 Å². The van der Waals surface area contributed by atoms with Gasteiger partial charge < -0.3 is 15.8 Å². The molecule has 1 amide bonds. The molecule has 108 valence electrons. The summed E-state index contributed by atoms with van der Waals surface area (Å²) in [6.07, 6.45) is 5.01. The van der Waals surface area contributed by atoms with Gasteiger partial charge in [0.1, 0.15) is 11.6 Å². The summed E-state index contributed by atoms with van der Waals surface area (Å²) >= 11 is 4.91. The maximum Gasteiger partial charge on any atom is 0.250 e. The SMILES string of the molecule is NC(=S)c1cccc(NC(=O)COCC2CCCC2)c1. The molecule has 0 atom stereocenters. The standard InChI is InChI=1S/C15H20N2O2S/c16-15(20)12-6-3-7-13(8-12)17-14(18)10-19-9-11-4-1-2-5-11/h3,6-8,11H,1-2,4-5,9-10H2,(H2,16,20)(H,17,18). The number of nitrogens with one attached hydrogen (secondary N) is 1. The third kappa shape index (κ3) is 4.58. The van der Waals surface area contributed by atoms with Gasteiger partial charge in [0, 0.05) is 11.3 Å². The Morgan fingerprint density at radius 2 is 2.15 bits per heavy atom. The second kappa shape index (κ2) is 7.36. The number of rotatable bonds is 6. The summed E-state index contributed by atoms with van der Waals surface area (Å²) in [5, 5.41) is 2.78. The summed E-state index contributed by atoms with van der Waals surface area (Å²) in [7, 11) is 0. The topological polar surface area (TPSA) is 64.3 Å². The number of carbonyl (C=O) groups excluding carboxylic acids is 1. The van der Waals surface area contributed by atoms with Crippen LogP contribution in [-0.2, 0) is 9.53 Å². The number of ether oxygens (including phenoxy) is 1. The van der Waals surface area contributed by atoms with Crippen LogP contribution >= 0.6 is 12.2 Å². The number of amides is 1. The summed E-state index contributed by atoms with van der Waals surface area (Å²) < 4.78 is 5.47. The van der Waals surface area contributed by atoms with Gasteiger partial charge in [-0.3, -0.25) is 4.79 Å². The zero-order valence-corrected chi connectivity index (χ0v) is 12.2. The molecule has 5 heteroatoms. The van der Waals surface area contributed by atoms with Crippen molar-refractivity contribution < 1.29 is 9.53 Å². The van der Waals surface area contributed by atoms with Crippen molar-refractivity contribution >= 4 is 28.8 Å². The highest BCUT2D eigenvalue weighted by atomic mass is 32.1. The monoisotopic (exact) mass is 292 g/mol. The van der Waals surface area contributed by atoms with Gasteiger partial charge in [-0.25, -0.2) is 0 Å². The molecule has 0 aliphatic heterocycles. The number of hydrogen-bond acceptors (Lipinski definition) is 3. The number of thiocarbonyl (C=S) groups is 1. The highest BCUT2D eigenvalue weighted by Crippen LogP contribution is 2.24. The van der Waals surface area contributed by atoms with Crippen LogP contribution in [0, 0.1) is 5.92 Å². The Balaban J connectivity index is 1.76. The van der Waals surface area contributed by atoms with Gasteiger partial charge in [0.05, 0.1) is 6.61 Å². The third-order valence-electron chi connectivity index (χ3n) is 3.49. The van der Waals surface area contributed by atoms with Crippen LogP contribution in [0.1, 0.15) is 31.2 Å². The lowest BCUT2D eigenvalue weighted by molar-refractivity contribution is -0.121. The van der Waals surface area contributed by atoms with Crippen LogP contribution < -0.4 is 11.1 Å². The van der Waals surface area contributed by atoms with Gasteiger partial charge in [-0.2, -0.15) is 0 Å². The second-order valence-electron chi connectivity index (χ2n) is 5.16. The van der Waals surface area contributed by atoms with Crippen molar-refractivity contribution in [2.75, 3.05) is 18.5 Å². The van der Waals surface area contributed by atoms with Crippen LogP contribution in [-0.4, -0.2) is 24.1 Å². The Morgan fingerprint density at radius 3 is 2.85 bits per heavy atom. The predicted octanol–water partition coefficient (Wildman–Crippen LogP) is 2.47. The quantitative estimate of drug-likeness (QED) is 0.791. The van der Waals surface area contributed by atoms with E-state index in [1.165, 1.54) is 25.7 Å². The molecule has 0 heterocycles. The first kappa shape index (κ1) is 14.9. The smallest absolute Gasteiger partial charge is 0.250 e. The first-order chi connectivity index (χ1) is 9.65. The van der Waals surface area contributed by atoms with Gasteiger partial charge in [0.2, 0.25) is 5.91 Å². The summed E-state index contributed by atoms with van der Waals surface area (Å²) in [6, 6.07) is 7.19. The van der Waals surface area contributed by atoms with Crippen LogP contribution in [0.25, 0.3) is 0 Å². The zero-order chi connectivity index (χ0) is 14.4. The number of benzene rings is 1. The van der Waals surface area contributed by atoms with Crippen molar-refractivity contribution in [3.8, 4) is 0 Å². The van der Waals surface area contributed by atoms with Gasteiger partial charge in [-0.1, -0.05) is 37.2 Å². The van der Waals surface area contributed by atoms with Crippen LogP contribution in [0.5, 0.6) is 0 Å². The van der Waals surface area contributed by atoms with E-state index in [1.807, 2.05) is 12.1 Å². The number of anilines is 1. The molecule has 1 fully saturated rings. The molecule has 1 aliphatic carbocycles. The molecular weight excluding hydrogens is 272 g/mol. The van der Waals surface area contributed by atoms with Gasteiger partial charge in [0.25, 0.3) is 0 Å². The van der Waals surface area contributed by atoms with E-state index >= 15 is 0 Å². The van der Waals surface area contributed by atoms with Crippen molar-refractivity contribution in [2.24, 2.45) is 11.7 Å². The minimum absolute atomic E-state index is 0.0911. The normalized spacial score (nSPS) is 15.2. The summed E-state index contributed by atoms with van der Waals surface area (Å²) in [5.41, 5.74) is 6.98. The van der Waals surface area contributed by atoms with E-state index in [9.17, 15) is 4.79 Å². The maximum absolute atomic E-state index is 11.8. The van der Waals surface area contributed by atoms with E-state index in [1.54, 1.807) is 12.1 Å². The molecule has 2 rings (SSSR count). The Labute approximate surface area is 124 Å². The highest BCUT2D eigenvalue weighted by Gasteiger charge is 2.15. The predicted molar refractivity (Wildman–Crippen MR) is 83.7 cm³/mol. The Kier molecular flexibility index (Phi) is 5.49. The lowest BCUT2D eigenvalue weighted by Gasteiger charge is -2.10. The van der Waals surface area contributed by atoms with Gasteiger partial charge in [-0.05, 0) is 30.9 Å². The molecule has 1 saturated carbocycles. The van der Waals surface area contributed by atoms with Crippen molar-refractivity contribution in [3.05, 3.63) is 29.8 Å². The van der Waals surface area contributed by atoms with E-state index in [-0.39, 0.29) is 12.5 Å². The van der Waals surface area contributed by atoms with E-state index in [0.717, 1.165) is 5.56 Å². The van der Waals surface area contributed by atoms with Gasteiger partial charge in [-0.15, -0.1) is 0 Å². The largest absolute Gasteiger partial charge is 0.389 e. The number of carbonyl (C=O) groups is 1. The molecule has 1 aliphatic rings. The second-order valence-corrected chi connectivity index (χ2v) is 5.60. The fourth-order valence-corrected chi connectivity index (χ4v) is 2.57. The Hall–Kier alpha value is -1.46. The van der Waals surface area contributed by atoms with Crippen molar-refractivity contribution in [3.63, 3.8) is 0 Å². The average molecular weight is 292 g/mol. The lowest BCUT2D eigenvalue weighted by Crippen LogP contribution is -2.20. The highest BCUT2D eigenvalue weighted by molar-refractivity contribution is 7.80. The van der Waals surface area contributed by atoms with E-state index < -0.39 is 0 Å². The first-order valence-electron chi connectivity index (χ1n) is 6.92. The van der Waals surface area contributed by atoms with Gasteiger partial charge >= 0.3 is 0 Å². The van der Waals surface area contributed by atoms with Crippen molar-refractivity contribution in [1.82, 2.24) is 0 Å². The third-order valence-corrected chi connectivity index (χ3v) is 3.73. The zero-order valence-electron chi connectivity index (χ0n) is 11.4. The lowest BCUT2D eigenvalue weighted by atomic mass is 10.1. The molecule has 1 aromatic rings. The number of hydrogen-bond donors (Lipinski definition) is 2. The molecule has 1 aromatic carbocycles. The fourth-order valence-electron chi connectivity index (χ4n) is 2.44. The molecule has 4 nitrogen and oxygen atoms in total. The van der Waals surface area contributed by atoms with Crippen molar-refractivity contribution in [2.45, 2.75) is 25.7 Å². The van der Waals surface area contributed by atoms with Crippen molar-refractivity contribution in [1.29, 1.82) is 0 Å². The Morgan fingerprint density at radius 1 is 1.40 bits per heavy atom. The molecule has 0 aromatic heterocycles. The number of nitrogens with two attached hydrogens (primary N) is 1. The molecule has 0 unspecified atom stereocenters. The molecule has 20 heavy (non-hydrogen) atoms. The molecular formula is C15H20N2O2S. The minimum atomic E-state index is -0.150. The van der Waals surface area contributed by atoms with Crippen LogP contribution in [0.15, 0.2) is 24.3 Å². The molecule has 0 bridgehead atoms. The molecule has 0 saturated heterocycles. The van der Waals surface area contributed by atoms with E-state index in [2.05, 4.69) is 5.32 Å². The van der Waals surface area contributed by atoms with Crippen LogP contribution in [0.3, 0.4) is 0 Å². The Bertz CT molecular complexity index is 485. The van der Waals surface area contributed by atoms with Gasteiger partial charge in [0.15, 0.2) is 0 Å². The van der Waals surface area contributed by atoms with E-state index in [4.69, 9.17) is 22.7 Å².